The number of para-hydroxylation sites is 1. The molecule has 0 atom stereocenters. The fourth-order valence-electron chi connectivity index (χ4n) is 1.73. The van der Waals surface area contributed by atoms with Gasteiger partial charge in [-0.25, -0.2) is 4.79 Å². The molecule has 3 rings (SSSR count). The van der Waals surface area contributed by atoms with E-state index in [1.54, 1.807) is 6.07 Å². The number of H-pyrrole nitrogens is 1. The van der Waals surface area contributed by atoms with E-state index in [1.165, 1.54) is 6.07 Å². The fraction of sp³-hybridized carbons (Fsp3) is 0. The largest absolute Gasteiger partial charge is 0.475 e. The highest BCUT2D eigenvalue weighted by Gasteiger charge is 2.14. The smallest absolute Gasteiger partial charge is 0.371 e. The molecule has 3 aromatic rings. The number of carboxylic acid groups (broad SMARTS) is 1. The van der Waals surface area contributed by atoms with E-state index in [0.29, 0.717) is 11.5 Å². The number of hydrogen-bond acceptors (Lipinski definition) is 3. The van der Waals surface area contributed by atoms with Gasteiger partial charge in [0.15, 0.2) is 5.76 Å². The van der Waals surface area contributed by atoms with Crippen molar-refractivity contribution in [2.24, 2.45) is 0 Å². The second-order valence-electron chi connectivity index (χ2n) is 3.59. The molecule has 0 unspecified atom stereocenters. The number of nitrogens with zero attached hydrogens (tertiary/aromatic N) is 1. The van der Waals surface area contributed by atoms with Crippen molar-refractivity contribution in [1.29, 1.82) is 0 Å². The van der Waals surface area contributed by atoms with E-state index in [9.17, 15) is 4.79 Å². The van der Waals surface area contributed by atoms with E-state index >= 15 is 0 Å². The van der Waals surface area contributed by atoms with E-state index in [1.807, 2.05) is 24.3 Å². The molecule has 17 heavy (non-hydrogen) atoms. The summed E-state index contributed by atoms with van der Waals surface area (Å²) < 4.78 is 5.22. The van der Waals surface area contributed by atoms with Crippen molar-refractivity contribution >= 4 is 16.9 Å². The average molecular weight is 228 g/mol. The molecular weight excluding hydrogens is 220 g/mol. The molecule has 0 spiro atoms. The number of benzene rings is 1. The van der Waals surface area contributed by atoms with Gasteiger partial charge in [0.05, 0.1) is 5.52 Å². The molecular formula is C12H8N2O3. The van der Waals surface area contributed by atoms with Gasteiger partial charge in [0.25, 0.3) is 0 Å². The molecule has 0 aliphatic rings. The number of fused-ring (bicyclic) bond motifs is 1. The highest BCUT2D eigenvalue weighted by atomic mass is 16.4. The lowest BCUT2D eigenvalue weighted by atomic mass is 10.2. The SMILES string of the molecule is O=C(O)c1ccc(-c2n[nH]c3ccccc23)o1. The van der Waals surface area contributed by atoms with Crippen LogP contribution in [-0.2, 0) is 0 Å². The minimum absolute atomic E-state index is 0.0907. The summed E-state index contributed by atoms with van der Waals surface area (Å²) in [5, 5.41) is 16.7. The zero-order valence-electron chi connectivity index (χ0n) is 8.68. The molecule has 0 aliphatic carbocycles. The minimum Gasteiger partial charge on any atom is -0.475 e. The van der Waals surface area contributed by atoms with Crippen LogP contribution in [0, 0.1) is 0 Å². The summed E-state index contributed by atoms with van der Waals surface area (Å²) in [5.74, 6) is -0.733. The molecule has 0 fully saturated rings. The Labute approximate surface area is 95.7 Å². The van der Waals surface area contributed by atoms with Gasteiger partial charge < -0.3 is 9.52 Å². The summed E-state index contributed by atoms with van der Waals surface area (Å²) in [6.45, 7) is 0. The van der Waals surface area contributed by atoms with Gasteiger partial charge in [-0.2, -0.15) is 5.10 Å². The van der Waals surface area contributed by atoms with Crippen LogP contribution in [0.4, 0.5) is 0 Å². The molecule has 5 heteroatoms. The molecule has 0 bridgehead atoms. The van der Waals surface area contributed by atoms with Crippen LogP contribution in [0.25, 0.3) is 22.4 Å². The predicted molar refractivity (Wildman–Crippen MR) is 60.8 cm³/mol. The van der Waals surface area contributed by atoms with Gasteiger partial charge in [-0.15, -0.1) is 0 Å². The van der Waals surface area contributed by atoms with E-state index in [4.69, 9.17) is 9.52 Å². The molecule has 0 aliphatic heterocycles. The highest BCUT2D eigenvalue weighted by Crippen LogP contribution is 2.27. The molecule has 2 heterocycles. The van der Waals surface area contributed by atoms with Gasteiger partial charge >= 0.3 is 5.97 Å². The van der Waals surface area contributed by atoms with E-state index in [2.05, 4.69) is 10.2 Å². The third kappa shape index (κ3) is 1.48. The zero-order valence-corrected chi connectivity index (χ0v) is 8.68. The van der Waals surface area contributed by atoms with E-state index in [-0.39, 0.29) is 5.76 Å². The lowest BCUT2D eigenvalue weighted by molar-refractivity contribution is 0.0663. The summed E-state index contributed by atoms with van der Waals surface area (Å²) in [6.07, 6.45) is 0. The van der Waals surface area contributed by atoms with Gasteiger partial charge in [-0.1, -0.05) is 18.2 Å². The van der Waals surface area contributed by atoms with Crippen LogP contribution in [-0.4, -0.2) is 21.3 Å². The Morgan fingerprint density at radius 2 is 2.06 bits per heavy atom. The number of aromatic amines is 1. The molecule has 0 saturated carbocycles. The average Bonchev–Trinajstić information content (AvgIpc) is 2.95. The molecule has 0 amide bonds. The number of aromatic carboxylic acids is 1. The van der Waals surface area contributed by atoms with Gasteiger partial charge in [-0.05, 0) is 18.2 Å². The van der Waals surface area contributed by atoms with Crippen LogP contribution < -0.4 is 0 Å². The topological polar surface area (TPSA) is 79.1 Å². The molecule has 0 radical (unpaired) electrons. The summed E-state index contributed by atoms with van der Waals surface area (Å²) in [7, 11) is 0. The van der Waals surface area contributed by atoms with Crippen molar-refractivity contribution in [2.45, 2.75) is 0 Å². The molecule has 84 valence electrons. The van der Waals surface area contributed by atoms with Gasteiger partial charge in [-0.3, -0.25) is 5.10 Å². The number of furan rings is 1. The fourth-order valence-corrected chi connectivity index (χ4v) is 1.73. The van der Waals surface area contributed by atoms with Crippen LogP contribution >= 0.6 is 0 Å². The zero-order chi connectivity index (χ0) is 11.8. The Bertz CT molecular complexity index is 696. The quantitative estimate of drug-likeness (QED) is 0.706. The first-order chi connectivity index (χ1) is 8.25. The summed E-state index contributed by atoms with van der Waals surface area (Å²) in [5.41, 5.74) is 1.50. The first kappa shape index (κ1) is 9.65. The third-order valence-corrected chi connectivity index (χ3v) is 2.52. The van der Waals surface area contributed by atoms with Crippen LogP contribution in [0.1, 0.15) is 10.6 Å². The monoisotopic (exact) mass is 228 g/mol. The van der Waals surface area contributed by atoms with Crippen molar-refractivity contribution in [3.63, 3.8) is 0 Å². The number of rotatable bonds is 2. The highest BCUT2D eigenvalue weighted by molar-refractivity contribution is 5.92. The maximum Gasteiger partial charge on any atom is 0.371 e. The second kappa shape index (κ2) is 3.48. The Balaban J connectivity index is 2.17. The Kier molecular flexibility index (Phi) is 1.98. The predicted octanol–water partition coefficient (Wildman–Crippen LogP) is 2.52. The first-order valence-corrected chi connectivity index (χ1v) is 5.02. The second-order valence-corrected chi connectivity index (χ2v) is 3.59. The maximum absolute atomic E-state index is 10.7. The van der Waals surface area contributed by atoms with Crippen molar-refractivity contribution in [3.8, 4) is 11.5 Å². The first-order valence-electron chi connectivity index (χ1n) is 5.02. The number of aromatic nitrogens is 2. The van der Waals surface area contributed by atoms with Gasteiger partial charge in [0.1, 0.15) is 5.69 Å². The molecule has 0 saturated heterocycles. The van der Waals surface area contributed by atoms with Crippen molar-refractivity contribution < 1.29 is 14.3 Å². The summed E-state index contributed by atoms with van der Waals surface area (Å²) >= 11 is 0. The van der Waals surface area contributed by atoms with Crippen LogP contribution in [0.15, 0.2) is 40.8 Å². The standard InChI is InChI=1S/C12H8N2O3/c15-12(16)10-6-5-9(17-10)11-7-3-1-2-4-8(7)13-14-11/h1-6H,(H,13,14)(H,15,16). The number of nitrogens with one attached hydrogen (secondary N) is 1. The van der Waals surface area contributed by atoms with Crippen molar-refractivity contribution in [3.05, 3.63) is 42.2 Å². The Morgan fingerprint density at radius 3 is 2.82 bits per heavy atom. The molecule has 2 N–H and O–H groups in total. The Hall–Kier alpha value is -2.56. The van der Waals surface area contributed by atoms with Gasteiger partial charge in [0, 0.05) is 5.39 Å². The third-order valence-electron chi connectivity index (χ3n) is 2.52. The lowest BCUT2D eigenvalue weighted by Crippen LogP contribution is -1.91. The summed E-state index contributed by atoms with van der Waals surface area (Å²) in [6, 6.07) is 10.6. The van der Waals surface area contributed by atoms with Crippen LogP contribution in [0.5, 0.6) is 0 Å². The number of carbonyl (C=O) groups is 1. The maximum atomic E-state index is 10.7. The molecule has 1 aromatic carbocycles. The van der Waals surface area contributed by atoms with Crippen molar-refractivity contribution in [2.75, 3.05) is 0 Å². The lowest BCUT2D eigenvalue weighted by Gasteiger charge is -1.91. The molecule has 2 aromatic heterocycles. The normalized spacial score (nSPS) is 10.8. The van der Waals surface area contributed by atoms with Crippen molar-refractivity contribution in [1.82, 2.24) is 10.2 Å². The van der Waals surface area contributed by atoms with E-state index < -0.39 is 5.97 Å². The van der Waals surface area contributed by atoms with Crippen LogP contribution in [0.3, 0.4) is 0 Å². The minimum atomic E-state index is -1.09. The van der Waals surface area contributed by atoms with Crippen LogP contribution in [0.2, 0.25) is 0 Å². The Morgan fingerprint density at radius 1 is 1.24 bits per heavy atom. The number of carboxylic acids is 1. The van der Waals surface area contributed by atoms with Gasteiger partial charge in [0.2, 0.25) is 5.76 Å². The number of hydrogen-bond donors (Lipinski definition) is 2. The van der Waals surface area contributed by atoms with E-state index in [0.717, 1.165) is 10.9 Å². The molecule has 5 nitrogen and oxygen atoms in total. The summed E-state index contributed by atoms with van der Waals surface area (Å²) in [4.78, 5) is 10.7.